The lowest BCUT2D eigenvalue weighted by Crippen LogP contribution is -2.12. The average Bonchev–Trinajstić information content (AvgIpc) is 2.36. The minimum atomic E-state index is -1.10. The molecular weight excluding hydrogens is 280 g/mol. The topological polar surface area (TPSA) is 124 Å². The third-order valence-electron chi connectivity index (χ3n) is 2.46. The molecule has 108 valence electrons. The van der Waals surface area contributed by atoms with Crippen molar-refractivity contribution in [2.75, 3.05) is 0 Å². The van der Waals surface area contributed by atoms with Crippen LogP contribution in [0.15, 0.2) is 36.4 Å². The molecule has 0 radical (unpaired) electrons. The van der Waals surface area contributed by atoms with Gasteiger partial charge in [-0.3, -0.25) is 0 Å². The maximum absolute atomic E-state index is 11.7. The zero-order valence-corrected chi connectivity index (χ0v) is 10.5. The molecule has 0 fully saturated rings. The summed E-state index contributed by atoms with van der Waals surface area (Å²) in [6.07, 6.45) is 0. The molecule has 2 aromatic carbocycles. The first kappa shape index (κ1) is 14.2. The second-order valence-corrected chi connectivity index (χ2v) is 4.15. The predicted octanol–water partition coefficient (Wildman–Crippen LogP) is 1.51. The highest BCUT2D eigenvalue weighted by Crippen LogP contribution is 2.23. The molecule has 0 heterocycles. The molecule has 0 aromatic heterocycles. The first-order chi connectivity index (χ1) is 9.85. The molecule has 2 rings (SSSR count). The number of phenolic OH excluding ortho intramolecular Hbond substituents is 4. The Labute approximate surface area is 118 Å². The molecule has 7 heteroatoms. The summed E-state index contributed by atoms with van der Waals surface area (Å²) in [4.78, 5) is 23.4. The molecule has 0 aliphatic rings. The fourth-order valence-corrected chi connectivity index (χ4v) is 1.63. The fourth-order valence-electron chi connectivity index (χ4n) is 1.63. The predicted molar refractivity (Wildman–Crippen MR) is 69.3 cm³/mol. The Kier molecular flexibility index (Phi) is 3.66. The number of phenols is 4. The summed E-state index contributed by atoms with van der Waals surface area (Å²) in [5, 5.41) is 37.0. The minimum Gasteiger partial charge on any atom is -0.508 e. The normalized spacial score (nSPS) is 10.1. The molecule has 0 spiro atoms. The van der Waals surface area contributed by atoms with Gasteiger partial charge in [0.2, 0.25) is 0 Å². The molecule has 0 unspecified atom stereocenters. The number of carbonyl (C=O) groups excluding carboxylic acids is 2. The van der Waals surface area contributed by atoms with Crippen molar-refractivity contribution in [2.24, 2.45) is 0 Å². The van der Waals surface area contributed by atoms with E-state index in [0.717, 1.165) is 36.4 Å². The van der Waals surface area contributed by atoms with E-state index < -0.39 is 11.9 Å². The van der Waals surface area contributed by atoms with Gasteiger partial charge in [-0.2, -0.15) is 0 Å². The lowest BCUT2D eigenvalue weighted by atomic mass is 10.2. The monoisotopic (exact) mass is 290 g/mol. The maximum atomic E-state index is 11.7. The van der Waals surface area contributed by atoms with E-state index in [4.69, 9.17) is 0 Å². The molecule has 0 saturated carbocycles. The van der Waals surface area contributed by atoms with Crippen molar-refractivity contribution in [3.63, 3.8) is 0 Å². The molecule has 0 bridgehead atoms. The highest BCUT2D eigenvalue weighted by atomic mass is 16.6. The van der Waals surface area contributed by atoms with Crippen LogP contribution in [-0.2, 0) is 4.74 Å². The van der Waals surface area contributed by atoms with Crippen LogP contribution in [0.3, 0.4) is 0 Å². The lowest BCUT2D eigenvalue weighted by Gasteiger charge is -2.05. The summed E-state index contributed by atoms with van der Waals surface area (Å²) in [5.41, 5.74) is -0.463. The van der Waals surface area contributed by atoms with Crippen LogP contribution < -0.4 is 0 Å². The molecule has 21 heavy (non-hydrogen) atoms. The minimum absolute atomic E-state index is 0.231. The van der Waals surface area contributed by atoms with Gasteiger partial charge in [-0.15, -0.1) is 0 Å². The second-order valence-electron chi connectivity index (χ2n) is 4.15. The molecule has 0 saturated heterocycles. The van der Waals surface area contributed by atoms with Crippen molar-refractivity contribution in [2.45, 2.75) is 0 Å². The van der Waals surface area contributed by atoms with E-state index in [1.54, 1.807) is 0 Å². The largest absolute Gasteiger partial charge is 0.508 e. The zero-order valence-electron chi connectivity index (χ0n) is 10.5. The van der Waals surface area contributed by atoms with Gasteiger partial charge in [0.25, 0.3) is 0 Å². The molecule has 0 atom stereocenters. The number of carbonyl (C=O) groups is 2. The summed E-state index contributed by atoms with van der Waals surface area (Å²) in [7, 11) is 0. The van der Waals surface area contributed by atoms with Crippen molar-refractivity contribution in [1.29, 1.82) is 0 Å². The summed E-state index contributed by atoms with van der Waals surface area (Å²) in [6, 6.07) is 6.05. The number of aromatic hydroxyl groups is 4. The maximum Gasteiger partial charge on any atom is 0.346 e. The number of benzene rings is 2. The molecule has 0 amide bonds. The zero-order chi connectivity index (χ0) is 15.6. The molecule has 7 nitrogen and oxygen atoms in total. The van der Waals surface area contributed by atoms with E-state index in [1.165, 1.54) is 0 Å². The SMILES string of the molecule is O=C(OC(=O)c1cc(O)cc(O)c1)c1cc(O)cc(O)c1. The molecule has 2 aromatic rings. The third-order valence-corrected chi connectivity index (χ3v) is 2.46. The quantitative estimate of drug-likeness (QED) is 0.488. The summed E-state index contributed by atoms with van der Waals surface area (Å²) >= 11 is 0. The average molecular weight is 290 g/mol. The van der Waals surface area contributed by atoms with Crippen LogP contribution in [0, 0.1) is 0 Å². The van der Waals surface area contributed by atoms with E-state index in [9.17, 15) is 30.0 Å². The molecule has 0 aliphatic carbocycles. The van der Waals surface area contributed by atoms with Gasteiger partial charge in [-0.25, -0.2) is 9.59 Å². The number of hydrogen-bond donors (Lipinski definition) is 4. The van der Waals surface area contributed by atoms with E-state index in [-0.39, 0.29) is 34.1 Å². The smallest absolute Gasteiger partial charge is 0.346 e. The van der Waals surface area contributed by atoms with Crippen molar-refractivity contribution in [1.82, 2.24) is 0 Å². The lowest BCUT2D eigenvalue weighted by molar-refractivity contribution is 0.0396. The van der Waals surface area contributed by atoms with E-state index >= 15 is 0 Å². The fraction of sp³-hybridized carbons (Fsp3) is 0. The van der Waals surface area contributed by atoms with Crippen molar-refractivity contribution < 1.29 is 34.8 Å². The van der Waals surface area contributed by atoms with Gasteiger partial charge in [-0.1, -0.05) is 0 Å². The molecule has 4 N–H and O–H groups in total. The summed E-state index contributed by atoms with van der Waals surface area (Å²) < 4.78 is 4.52. The highest BCUT2D eigenvalue weighted by molar-refractivity contribution is 6.03. The Morgan fingerprint density at radius 2 is 0.905 bits per heavy atom. The molecule has 0 aliphatic heterocycles. The van der Waals surface area contributed by atoms with Gasteiger partial charge in [0.15, 0.2) is 0 Å². The van der Waals surface area contributed by atoms with Gasteiger partial charge in [0, 0.05) is 12.1 Å². The highest BCUT2D eigenvalue weighted by Gasteiger charge is 2.17. The van der Waals surface area contributed by atoms with E-state index in [2.05, 4.69) is 4.74 Å². The van der Waals surface area contributed by atoms with Crippen molar-refractivity contribution in [3.8, 4) is 23.0 Å². The molecular formula is C14H10O7. The van der Waals surface area contributed by atoms with Gasteiger partial charge in [0.1, 0.15) is 23.0 Å². The Hall–Kier alpha value is -3.22. The third kappa shape index (κ3) is 3.41. The van der Waals surface area contributed by atoms with Crippen LogP contribution in [0.25, 0.3) is 0 Å². The standard InChI is InChI=1S/C14H10O7/c15-9-1-7(2-10(16)5-9)13(19)21-14(20)8-3-11(17)6-12(18)4-8/h1-6,15-18H. The van der Waals surface area contributed by atoms with Crippen molar-refractivity contribution in [3.05, 3.63) is 47.5 Å². The van der Waals surface area contributed by atoms with Gasteiger partial charge in [-0.05, 0) is 24.3 Å². The Balaban J connectivity index is 2.20. The number of hydrogen-bond acceptors (Lipinski definition) is 7. The van der Waals surface area contributed by atoms with Crippen LogP contribution in [0.1, 0.15) is 20.7 Å². The first-order valence-corrected chi connectivity index (χ1v) is 5.68. The van der Waals surface area contributed by atoms with Crippen LogP contribution in [0.4, 0.5) is 0 Å². The number of esters is 2. The first-order valence-electron chi connectivity index (χ1n) is 5.68. The van der Waals surface area contributed by atoms with Gasteiger partial charge >= 0.3 is 11.9 Å². The summed E-state index contributed by atoms with van der Waals surface area (Å²) in [6.45, 7) is 0. The summed E-state index contributed by atoms with van der Waals surface area (Å²) in [5.74, 6) is -3.69. The Bertz CT molecular complexity index is 619. The second kappa shape index (κ2) is 5.41. The van der Waals surface area contributed by atoms with Crippen LogP contribution >= 0.6 is 0 Å². The van der Waals surface area contributed by atoms with Gasteiger partial charge in [0.05, 0.1) is 11.1 Å². The van der Waals surface area contributed by atoms with Crippen LogP contribution in [0.2, 0.25) is 0 Å². The van der Waals surface area contributed by atoms with E-state index in [0.29, 0.717) is 0 Å². The van der Waals surface area contributed by atoms with Crippen molar-refractivity contribution >= 4 is 11.9 Å². The Morgan fingerprint density at radius 1 is 0.619 bits per heavy atom. The number of rotatable bonds is 2. The number of ether oxygens (including phenoxy) is 1. The Morgan fingerprint density at radius 3 is 1.19 bits per heavy atom. The van der Waals surface area contributed by atoms with Crippen LogP contribution in [0.5, 0.6) is 23.0 Å². The van der Waals surface area contributed by atoms with Crippen LogP contribution in [-0.4, -0.2) is 32.4 Å². The van der Waals surface area contributed by atoms with E-state index in [1.807, 2.05) is 0 Å². The van der Waals surface area contributed by atoms with Gasteiger partial charge < -0.3 is 25.2 Å².